The van der Waals surface area contributed by atoms with Crippen molar-refractivity contribution in [3.8, 4) is 0 Å². The van der Waals surface area contributed by atoms with Gasteiger partial charge in [0.2, 0.25) is 0 Å². The van der Waals surface area contributed by atoms with Crippen molar-refractivity contribution in [3.63, 3.8) is 0 Å². The minimum Gasteiger partial charge on any atom is -0.399 e. The molecule has 5 nitrogen and oxygen atoms in total. The molecule has 1 amide bonds. The Bertz CT molecular complexity index is 1050. The van der Waals surface area contributed by atoms with Gasteiger partial charge in [0.15, 0.2) is 0 Å². The van der Waals surface area contributed by atoms with Gasteiger partial charge in [-0.25, -0.2) is 4.98 Å². The van der Waals surface area contributed by atoms with E-state index < -0.39 is 0 Å². The van der Waals surface area contributed by atoms with Gasteiger partial charge in [-0.15, -0.1) is 0 Å². The van der Waals surface area contributed by atoms with Crippen LogP contribution in [0, 0.1) is 0 Å². The van der Waals surface area contributed by atoms with E-state index >= 15 is 0 Å². The van der Waals surface area contributed by atoms with Crippen molar-refractivity contribution in [2.75, 3.05) is 11.1 Å². The molecule has 1 saturated carbocycles. The quantitative estimate of drug-likeness (QED) is 0.616. The number of nitrogen functional groups attached to an aromatic ring is 1. The van der Waals surface area contributed by atoms with Crippen molar-refractivity contribution < 1.29 is 4.79 Å². The number of amides is 1. The SMILES string of the molecule is Nc1cc(Nc2cccc(C3CC3)c2)nc(C(=O)NC2Cc3ccccc3C2)c1. The van der Waals surface area contributed by atoms with Crippen LogP contribution >= 0.6 is 0 Å². The number of nitrogens with zero attached hydrogens (tertiary/aromatic N) is 1. The van der Waals surface area contributed by atoms with Gasteiger partial charge in [-0.2, -0.15) is 0 Å². The zero-order valence-electron chi connectivity index (χ0n) is 16.2. The van der Waals surface area contributed by atoms with Crippen LogP contribution in [-0.2, 0) is 12.8 Å². The number of anilines is 3. The Balaban J connectivity index is 1.30. The summed E-state index contributed by atoms with van der Waals surface area (Å²) in [5.74, 6) is 1.07. The van der Waals surface area contributed by atoms with Gasteiger partial charge in [-0.05, 0) is 66.5 Å². The lowest BCUT2D eigenvalue weighted by atomic mass is 10.1. The summed E-state index contributed by atoms with van der Waals surface area (Å²) in [4.78, 5) is 17.3. The van der Waals surface area contributed by atoms with Crippen LogP contribution in [0.25, 0.3) is 0 Å². The molecule has 3 aromatic rings. The predicted octanol–water partition coefficient (Wildman–Crippen LogP) is 4.18. The minimum absolute atomic E-state index is 0.0924. The van der Waals surface area contributed by atoms with E-state index in [1.807, 2.05) is 24.3 Å². The molecule has 5 rings (SSSR count). The molecule has 2 aliphatic rings. The second-order valence-corrected chi connectivity index (χ2v) is 8.04. The van der Waals surface area contributed by atoms with Gasteiger partial charge in [-0.3, -0.25) is 4.79 Å². The molecule has 1 heterocycles. The highest BCUT2D eigenvalue weighted by Gasteiger charge is 2.24. The lowest BCUT2D eigenvalue weighted by molar-refractivity contribution is 0.0933. The number of benzene rings is 2. The van der Waals surface area contributed by atoms with E-state index in [2.05, 4.69) is 39.9 Å². The van der Waals surface area contributed by atoms with Gasteiger partial charge >= 0.3 is 0 Å². The fourth-order valence-electron chi connectivity index (χ4n) is 4.09. The van der Waals surface area contributed by atoms with Gasteiger partial charge in [-0.1, -0.05) is 36.4 Å². The number of fused-ring (bicyclic) bond motifs is 1. The summed E-state index contributed by atoms with van der Waals surface area (Å²) in [7, 11) is 0. The molecule has 0 spiro atoms. The summed E-state index contributed by atoms with van der Waals surface area (Å²) in [5.41, 5.74) is 11.8. The number of rotatable bonds is 5. The zero-order valence-corrected chi connectivity index (χ0v) is 16.2. The molecule has 1 fully saturated rings. The van der Waals surface area contributed by atoms with E-state index in [9.17, 15) is 4.79 Å². The Hall–Kier alpha value is -3.34. The van der Waals surface area contributed by atoms with E-state index in [0.717, 1.165) is 18.5 Å². The van der Waals surface area contributed by atoms with E-state index in [1.165, 1.54) is 29.5 Å². The molecule has 2 aliphatic carbocycles. The first-order valence-corrected chi connectivity index (χ1v) is 10.2. The molecule has 0 bridgehead atoms. The fraction of sp³-hybridized carbons (Fsp3) is 0.250. The first kappa shape index (κ1) is 17.7. The number of pyridine rings is 1. The maximum atomic E-state index is 12.8. The first-order valence-electron chi connectivity index (χ1n) is 10.2. The lowest BCUT2D eigenvalue weighted by Gasteiger charge is -2.13. The van der Waals surface area contributed by atoms with Crippen molar-refractivity contribution in [1.29, 1.82) is 0 Å². The summed E-state index contributed by atoms with van der Waals surface area (Å²) < 4.78 is 0. The Labute approximate surface area is 170 Å². The molecular weight excluding hydrogens is 360 g/mol. The summed E-state index contributed by atoms with van der Waals surface area (Å²) >= 11 is 0. The molecule has 0 atom stereocenters. The third-order valence-corrected chi connectivity index (χ3v) is 5.67. The van der Waals surface area contributed by atoms with Crippen molar-refractivity contribution in [2.24, 2.45) is 0 Å². The highest BCUT2D eigenvalue weighted by atomic mass is 16.1. The Kier molecular flexibility index (Phi) is 4.43. The summed E-state index contributed by atoms with van der Waals surface area (Å²) in [6.45, 7) is 0. The van der Waals surface area contributed by atoms with Crippen LogP contribution in [0.1, 0.15) is 45.9 Å². The predicted molar refractivity (Wildman–Crippen MR) is 115 cm³/mol. The molecule has 2 aromatic carbocycles. The number of hydrogen-bond acceptors (Lipinski definition) is 4. The average Bonchev–Trinajstić information content (AvgIpc) is 3.48. The molecular formula is C24H24N4O. The molecule has 0 unspecified atom stereocenters. The molecule has 1 aromatic heterocycles. The topological polar surface area (TPSA) is 80.0 Å². The number of aromatic nitrogens is 1. The van der Waals surface area contributed by atoms with Crippen molar-refractivity contribution in [1.82, 2.24) is 10.3 Å². The van der Waals surface area contributed by atoms with Crippen LogP contribution in [0.3, 0.4) is 0 Å². The molecule has 0 saturated heterocycles. The normalized spacial score (nSPS) is 15.7. The van der Waals surface area contributed by atoms with E-state index in [0.29, 0.717) is 23.1 Å². The van der Waals surface area contributed by atoms with Crippen LogP contribution in [0.2, 0.25) is 0 Å². The number of nitrogens with one attached hydrogen (secondary N) is 2. The van der Waals surface area contributed by atoms with Crippen LogP contribution in [0.5, 0.6) is 0 Å². The molecule has 29 heavy (non-hydrogen) atoms. The van der Waals surface area contributed by atoms with Crippen molar-refractivity contribution in [3.05, 3.63) is 83.0 Å². The largest absolute Gasteiger partial charge is 0.399 e. The van der Waals surface area contributed by atoms with Gasteiger partial charge in [0, 0.05) is 23.5 Å². The van der Waals surface area contributed by atoms with Crippen LogP contribution < -0.4 is 16.4 Å². The van der Waals surface area contributed by atoms with Gasteiger partial charge in [0.25, 0.3) is 5.91 Å². The highest BCUT2D eigenvalue weighted by molar-refractivity contribution is 5.94. The molecule has 0 radical (unpaired) electrons. The second kappa shape index (κ2) is 7.24. The van der Waals surface area contributed by atoms with E-state index in [4.69, 9.17) is 5.73 Å². The highest BCUT2D eigenvalue weighted by Crippen LogP contribution is 2.40. The third kappa shape index (κ3) is 3.94. The van der Waals surface area contributed by atoms with Crippen LogP contribution in [-0.4, -0.2) is 16.9 Å². The van der Waals surface area contributed by atoms with Crippen LogP contribution in [0.15, 0.2) is 60.7 Å². The lowest BCUT2D eigenvalue weighted by Crippen LogP contribution is -2.35. The second-order valence-electron chi connectivity index (χ2n) is 8.04. The Morgan fingerprint density at radius 3 is 2.45 bits per heavy atom. The standard InChI is InChI=1S/C24H24N4O/c25-19-13-22(24(29)27-21-11-17-4-1-2-5-18(17)12-21)28-23(14-19)26-20-7-3-6-16(10-20)15-8-9-15/h1-7,10,13-15,21H,8-9,11-12H2,(H,27,29)(H3,25,26,28). The molecule has 4 N–H and O–H groups in total. The maximum Gasteiger partial charge on any atom is 0.270 e. The van der Waals surface area contributed by atoms with Gasteiger partial charge in [0.05, 0.1) is 0 Å². The monoisotopic (exact) mass is 384 g/mol. The smallest absolute Gasteiger partial charge is 0.270 e. The molecule has 0 aliphatic heterocycles. The number of carbonyl (C=O) groups excluding carboxylic acids is 1. The maximum absolute atomic E-state index is 12.8. The first-order chi connectivity index (χ1) is 14.1. The summed E-state index contributed by atoms with van der Waals surface area (Å²) in [5, 5.41) is 6.41. The van der Waals surface area contributed by atoms with Crippen molar-refractivity contribution >= 4 is 23.1 Å². The van der Waals surface area contributed by atoms with Crippen LogP contribution in [0.4, 0.5) is 17.2 Å². The van der Waals surface area contributed by atoms with Crippen molar-refractivity contribution in [2.45, 2.75) is 37.6 Å². The van der Waals surface area contributed by atoms with Gasteiger partial charge < -0.3 is 16.4 Å². The van der Waals surface area contributed by atoms with Gasteiger partial charge in [0.1, 0.15) is 11.5 Å². The average molecular weight is 384 g/mol. The number of nitrogens with two attached hydrogens (primary N) is 1. The number of carbonyl (C=O) groups is 1. The summed E-state index contributed by atoms with van der Waals surface area (Å²) in [6, 6.07) is 20.2. The Morgan fingerprint density at radius 1 is 0.966 bits per heavy atom. The van der Waals surface area contributed by atoms with E-state index in [-0.39, 0.29) is 11.9 Å². The zero-order chi connectivity index (χ0) is 19.8. The fourth-order valence-corrected chi connectivity index (χ4v) is 4.09. The Morgan fingerprint density at radius 2 is 1.72 bits per heavy atom. The molecule has 5 heteroatoms. The minimum atomic E-state index is -0.190. The number of hydrogen-bond donors (Lipinski definition) is 3. The van der Waals surface area contributed by atoms with E-state index in [1.54, 1.807) is 12.1 Å². The third-order valence-electron chi connectivity index (χ3n) is 5.67. The summed E-state index contributed by atoms with van der Waals surface area (Å²) in [6.07, 6.45) is 4.22. The molecule has 146 valence electrons.